The second-order valence-corrected chi connectivity index (χ2v) is 8.24. The zero-order valence-corrected chi connectivity index (χ0v) is 18.5. The summed E-state index contributed by atoms with van der Waals surface area (Å²) in [5, 5.41) is 21.9. The van der Waals surface area contributed by atoms with Crippen LogP contribution in [0.4, 0.5) is 22.7 Å². The lowest BCUT2D eigenvalue weighted by Gasteiger charge is -2.35. The first-order valence-corrected chi connectivity index (χ1v) is 10.6. The number of carboxylic acids is 2. The Hall–Kier alpha value is -3.30. The first kappa shape index (κ1) is 23.4. The molecule has 1 fully saturated rings. The Bertz CT molecular complexity index is 971. The van der Waals surface area contributed by atoms with Crippen molar-refractivity contribution < 1.29 is 19.8 Å². The molecular weight excluding hydrogens is 410 g/mol. The molecule has 1 saturated heterocycles. The SMILES string of the molecule is CN(C)CCc1c(C(=O)O)ccc(Nc2cccc(N3CCN(CC(=O)O)CC3)c2)c1N. The summed E-state index contributed by atoms with van der Waals surface area (Å²) in [6, 6.07) is 11.2. The van der Waals surface area contributed by atoms with Crippen molar-refractivity contribution in [2.45, 2.75) is 6.42 Å². The van der Waals surface area contributed by atoms with Gasteiger partial charge in [0.25, 0.3) is 0 Å². The van der Waals surface area contributed by atoms with Crippen molar-refractivity contribution in [2.75, 3.05) is 69.3 Å². The Morgan fingerprint density at radius 1 is 1.09 bits per heavy atom. The number of carboxylic acid groups (broad SMARTS) is 2. The van der Waals surface area contributed by atoms with Crippen LogP contribution in [0.1, 0.15) is 15.9 Å². The van der Waals surface area contributed by atoms with E-state index < -0.39 is 11.9 Å². The molecule has 0 saturated carbocycles. The number of aliphatic carboxylic acids is 1. The van der Waals surface area contributed by atoms with Crippen molar-refractivity contribution >= 4 is 34.7 Å². The Morgan fingerprint density at radius 2 is 1.81 bits per heavy atom. The number of benzene rings is 2. The molecule has 1 aliphatic heterocycles. The van der Waals surface area contributed by atoms with Crippen molar-refractivity contribution in [3.8, 4) is 0 Å². The number of likely N-dealkylation sites (N-methyl/N-ethyl adjacent to an activating group) is 1. The average Bonchev–Trinajstić information content (AvgIpc) is 2.74. The maximum atomic E-state index is 11.7. The summed E-state index contributed by atoms with van der Waals surface area (Å²) in [6.45, 7) is 3.65. The number of piperazine rings is 1. The van der Waals surface area contributed by atoms with Crippen LogP contribution in [-0.2, 0) is 11.2 Å². The van der Waals surface area contributed by atoms with Gasteiger partial charge in [0.05, 0.1) is 23.5 Å². The molecule has 9 heteroatoms. The Balaban J connectivity index is 1.76. The molecule has 3 rings (SSSR count). The zero-order valence-electron chi connectivity index (χ0n) is 18.5. The van der Waals surface area contributed by atoms with Gasteiger partial charge in [-0.2, -0.15) is 0 Å². The van der Waals surface area contributed by atoms with E-state index in [1.165, 1.54) is 0 Å². The molecule has 0 aromatic heterocycles. The molecule has 2 aromatic rings. The van der Waals surface area contributed by atoms with E-state index in [1.807, 2.05) is 48.2 Å². The van der Waals surface area contributed by atoms with Crippen molar-refractivity contribution in [1.82, 2.24) is 9.80 Å². The fraction of sp³-hybridized carbons (Fsp3) is 0.391. The lowest BCUT2D eigenvalue weighted by molar-refractivity contribution is -0.138. The molecule has 0 amide bonds. The van der Waals surface area contributed by atoms with Crippen molar-refractivity contribution in [1.29, 1.82) is 0 Å². The summed E-state index contributed by atoms with van der Waals surface area (Å²) in [7, 11) is 3.87. The van der Waals surface area contributed by atoms with E-state index in [0.717, 1.165) is 24.5 Å². The molecule has 2 aromatic carbocycles. The van der Waals surface area contributed by atoms with Crippen LogP contribution in [0.15, 0.2) is 36.4 Å². The van der Waals surface area contributed by atoms with Gasteiger partial charge < -0.3 is 31.1 Å². The maximum absolute atomic E-state index is 11.7. The van der Waals surface area contributed by atoms with Crippen LogP contribution in [-0.4, -0.2) is 85.3 Å². The number of nitrogen functional groups attached to an aromatic ring is 1. The molecule has 0 atom stereocenters. The highest BCUT2D eigenvalue weighted by Crippen LogP contribution is 2.31. The number of aromatic carboxylic acids is 1. The highest BCUT2D eigenvalue weighted by Gasteiger charge is 2.20. The Morgan fingerprint density at radius 3 is 2.44 bits per heavy atom. The van der Waals surface area contributed by atoms with E-state index >= 15 is 0 Å². The van der Waals surface area contributed by atoms with Crippen LogP contribution in [0.3, 0.4) is 0 Å². The van der Waals surface area contributed by atoms with E-state index in [0.29, 0.717) is 43.0 Å². The van der Waals surface area contributed by atoms with Gasteiger partial charge in [0.1, 0.15) is 0 Å². The highest BCUT2D eigenvalue weighted by atomic mass is 16.4. The number of rotatable bonds is 9. The molecule has 0 bridgehead atoms. The minimum Gasteiger partial charge on any atom is -0.480 e. The molecule has 0 aliphatic carbocycles. The van der Waals surface area contributed by atoms with Gasteiger partial charge in [0, 0.05) is 44.1 Å². The van der Waals surface area contributed by atoms with Crippen molar-refractivity contribution in [3.05, 3.63) is 47.5 Å². The zero-order chi connectivity index (χ0) is 23.3. The summed E-state index contributed by atoms with van der Waals surface area (Å²) in [5.74, 6) is -1.79. The van der Waals surface area contributed by atoms with Gasteiger partial charge in [-0.25, -0.2) is 4.79 Å². The van der Waals surface area contributed by atoms with Crippen molar-refractivity contribution in [2.24, 2.45) is 0 Å². The molecule has 1 heterocycles. The van der Waals surface area contributed by atoms with Gasteiger partial charge in [-0.3, -0.25) is 9.69 Å². The van der Waals surface area contributed by atoms with E-state index in [9.17, 15) is 14.7 Å². The van der Waals surface area contributed by atoms with Gasteiger partial charge in [0.15, 0.2) is 0 Å². The van der Waals surface area contributed by atoms with Gasteiger partial charge in [-0.15, -0.1) is 0 Å². The van der Waals surface area contributed by atoms with E-state index in [2.05, 4.69) is 10.2 Å². The number of anilines is 4. The molecule has 0 unspecified atom stereocenters. The van der Waals surface area contributed by atoms with Crippen LogP contribution in [0.25, 0.3) is 0 Å². The summed E-state index contributed by atoms with van der Waals surface area (Å²) in [5.41, 5.74) is 10.2. The molecule has 0 spiro atoms. The second-order valence-electron chi connectivity index (χ2n) is 8.24. The standard InChI is InChI=1S/C23H31N5O4/c1-26(2)9-8-18-19(23(31)32)6-7-20(22(18)24)25-16-4-3-5-17(14-16)28-12-10-27(11-13-28)15-21(29)30/h3-7,14,25H,8-13,15,24H2,1-2H3,(H,29,30)(H,31,32). The van der Waals surface area contributed by atoms with Crippen LogP contribution < -0.4 is 16.0 Å². The van der Waals surface area contributed by atoms with Gasteiger partial charge in [0.2, 0.25) is 0 Å². The summed E-state index contributed by atoms with van der Waals surface area (Å²) >= 11 is 0. The number of nitrogens with one attached hydrogen (secondary N) is 1. The van der Waals surface area contributed by atoms with Gasteiger partial charge in [-0.05, 0) is 56.4 Å². The van der Waals surface area contributed by atoms with Crippen molar-refractivity contribution in [3.63, 3.8) is 0 Å². The van der Waals surface area contributed by atoms with Crippen LogP contribution in [0.5, 0.6) is 0 Å². The first-order valence-electron chi connectivity index (χ1n) is 10.6. The predicted molar refractivity (Wildman–Crippen MR) is 126 cm³/mol. The van der Waals surface area contributed by atoms with Gasteiger partial charge >= 0.3 is 11.9 Å². The maximum Gasteiger partial charge on any atom is 0.336 e. The fourth-order valence-corrected chi connectivity index (χ4v) is 3.87. The third-order valence-corrected chi connectivity index (χ3v) is 5.62. The largest absolute Gasteiger partial charge is 0.480 e. The van der Waals surface area contributed by atoms with E-state index in [-0.39, 0.29) is 12.1 Å². The topological polar surface area (TPSA) is 122 Å². The second kappa shape index (κ2) is 10.3. The monoisotopic (exact) mass is 441 g/mol. The highest BCUT2D eigenvalue weighted by molar-refractivity contribution is 5.94. The summed E-state index contributed by atoms with van der Waals surface area (Å²) in [4.78, 5) is 28.7. The quantitative estimate of drug-likeness (QED) is 0.433. The number of hydrogen-bond acceptors (Lipinski definition) is 7. The Kier molecular flexibility index (Phi) is 7.55. The van der Waals surface area contributed by atoms with Crippen LogP contribution in [0, 0.1) is 0 Å². The molecule has 1 aliphatic rings. The first-order chi connectivity index (χ1) is 15.2. The molecule has 172 valence electrons. The molecule has 9 nitrogen and oxygen atoms in total. The van der Waals surface area contributed by atoms with E-state index in [1.54, 1.807) is 12.1 Å². The average molecular weight is 442 g/mol. The lowest BCUT2D eigenvalue weighted by Crippen LogP contribution is -2.47. The smallest absolute Gasteiger partial charge is 0.336 e. The minimum absolute atomic E-state index is 0.0667. The summed E-state index contributed by atoms with van der Waals surface area (Å²) < 4.78 is 0. The fourth-order valence-electron chi connectivity index (χ4n) is 3.87. The lowest BCUT2D eigenvalue weighted by atomic mass is 10.0. The molecule has 5 N–H and O–H groups in total. The third kappa shape index (κ3) is 5.89. The van der Waals surface area contributed by atoms with Gasteiger partial charge in [-0.1, -0.05) is 6.07 Å². The van der Waals surface area contributed by atoms with Crippen LogP contribution in [0.2, 0.25) is 0 Å². The number of hydrogen-bond donors (Lipinski definition) is 4. The predicted octanol–water partition coefficient (Wildman–Crippen LogP) is 2.02. The molecular formula is C23H31N5O4. The third-order valence-electron chi connectivity index (χ3n) is 5.62. The van der Waals surface area contributed by atoms with E-state index in [4.69, 9.17) is 10.8 Å². The number of carbonyl (C=O) groups is 2. The minimum atomic E-state index is -0.985. The Labute approximate surface area is 188 Å². The number of nitrogens with zero attached hydrogens (tertiary/aromatic N) is 3. The molecule has 0 radical (unpaired) electrons. The molecule has 32 heavy (non-hydrogen) atoms. The van der Waals surface area contributed by atoms with Crippen LogP contribution >= 0.6 is 0 Å². The number of nitrogens with two attached hydrogens (primary N) is 1. The normalized spacial score (nSPS) is 14.5. The summed E-state index contributed by atoms with van der Waals surface area (Å²) in [6.07, 6.45) is 0.538.